The normalized spacial score (nSPS) is 17.2. The van der Waals surface area contributed by atoms with Crippen LogP contribution in [0.2, 0.25) is 0 Å². The van der Waals surface area contributed by atoms with Crippen LogP contribution in [0.4, 0.5) is 0 Å². The first kappa shape index (κ1) is 13.0. The Morgan fingerprint density at radius 1 is 1.25 bits per heavy atom. The third kappa shape index (κ3) is 4.21. The number of hydrogen-bond donors (Lipinski definition) is 1. The minimum Gasteiger partial charge on any atom is -0.359 e. The number of nitrogens with zero attached hydrogens (tertiary/aromatic N) is 1. The van der Waals surface area contributed by atoms with E-state index in [1.54, 1.807) is 7.05 Å². The Labute approximate surface area is 97.4 Å². The number of hydrogen-bond acceptors (Lipinski definition) is 2. The standard InChI is InChI=1S/C12H22N2O2/c1-10-6-8-14(9-7-10)12(16)5-3-4-11(15)13-2/h10H,3-9H2,1-2H3,(H,13,15). The molecule has 16 heavy (non-hydrogen) atoms. The minimum absolute atomic E-state index is 0.0140. The molecule has 0 aromatic rings. The van der Waals surface area contributed by atoms with Gasteiger partial charge in [0.15, 0.2) is 0 Å². The molecule has 0 saturated carbocycles. The van der Waals surface area contributed by atoms with E-state index in [4.69, 9.17) is 0 Å². The number of carbonyl (C=O) groups excluding carboxylic acids is 2. The molecule has 0 bridgehead atoms. The van der Waals surface area contributed by atoms with Crippen molar-refractivity contribution in [3.63, 3.8) is 0 Å². The monoisotopic (exact) mass is 226 g/mol. The van der Waals surface area contributed by atoms with Gasteiger partial charge < -0.3 is 10.2 Å². The largest absolute Gasteiger partial charge is 0.359 e. The predicted molar refractivity (Wildman–Crippen MR) is 62.9 cm³/mol. The van der Waals surface area contributed by atoms with Crippen LogP contribution >= 0.6 is 0 Å². The summed E-state index contributed by atoms with van der Waals surface area (Å²) in [5.41, 5.74) is 0. The van der Waals surface area contributed by atoms with Crippen molar-refractivity contribution in [1.29, 1.82) is 0 Å². The summed E-state index contributed by atoms with van der Waals surface area (Å²) in [7, 11) is 1.62. The lowest BCUT2D eigenvalue weighted by atomic mass is 9.99. The highest BCUT2D eigenvalue weighted by Crippen LogP contribution is 2.17. The van der Waals surface area contributed by atoms with Gasteiger partial charge in [0.2, 0.25) is 11.8 Å². The fourth-order valence-electron chi connectivity index (χ4n) is 1.94. The summed E-state index contributed by atoms with van der Waals surface area (Å²) in [6.45, 7) is 4.01. The Kier molecular flexibility index (Phi) is 5.29. The molecule has 1 saturated heterocycles. The molecule has 92 valence electrons. The maximum absolute atomic E-state index is 11.8. The van der Waals surface area contributed by atoms with Crippen molar-refractivity contribution >= 4 is 11.8 Å². The summed E-state index contributed by atoms with van der Waals surface area (Å²) in [5.74, 6) is 0.964. The van der Waals surface area contributed by atoms with E-state index in [0.717, 1.165) is 31.8 Å². The van der Waals surface area contributed by atoms with Crippen molar-refractivity contribution in [2.45, 2.75) is 39.0 Å². The first-order valence-corrected chi connectivity index (χ1v) is 6.12. The quantitative estimate of drug-likeness (QED) is 0.782. The molecule has 1 N–H and O–H groups in total. The molecule has 1 rings (SSSR count). The third-order valence-electron chi connectivity index (χ3n) is 3.21. The van der Waals surface area contributed by atoms with Crippen LogP contribution in [-0.4, -0.2) is 36.9 Å². The van der Waals surface area contributed by atoms with Crippen LogP contribution in [0.1, 0.15) is 39.0 Å². The van der Waals surface area contributed by atoms with Crippen molar-refractivity contribution in [2.24, 2.45) is 5.92 Å². The molecule has 0 unspecified atom stereocenters. The smallest absolute Gasteiger partial charge is 0.222 e. The molecule has 0 radical (unpaired) electrons. The van der Waals surface area contributed by atoms with Gasteiger partial charge in [0, 0.05) is 33.0 Å². The zero-order chi connectivity index (χ0) is 12.0. The zero-order valence-electron chi connectivity index (χ0n) is 10.3. The van der Waals surface area contributed by atoms with E-state index in [2.05, 4.69) is 12.2 Å². The second-order valence-electron chi connectivity index (χ2n) is 4.59. The molecule has 0 aliphatic carbocycles. The highest BCUT2D eigenvalue weighted by molar-refractivity contribution is 5.78. The molecule has 1 heterocycles. The Balaban J connectivity index is 2.17. The molecular weight excluding hydrogens is 204 g/mol. The topological polar surface area (TPSA) is 49.4 Å². The van der Waals surface area contributed by atoms with E-state index in [-0.39, 0.29) is 11.8 Å². The zero-order valence-corrected chi connectivity index (χ0v) is 10.3. The van der Waals surface area contributed by atoms with E-state index in [9.17, 15) is 9.59 Å². The molecule has 0 spiro atoms. The van der Waals surface area contributed by atoms with Crippen LogP contribution in [0, 0.1) is 5.92 Å². The summed E-state index contributed by atoms with van der Waals surface area (Å²) < 4.78 is 0. The van der Waals surface area contributed by atoms with Crippen LogP contribution in [0.15, 0.2) is 0 Å². The summed E-state index contributed by atoms with van der Waals surface area (Å²) >= 11 is 0. The number of likely N-dealkylation sites (tertiary alicyclic amines) is 1. The van der Waals surface area contributed by atoms with Crippen LogP contribution in [0.25, 0.3) is 0 Å². The number of rotatable bonds is 4. The van der Waals surface area contributed by atoms with Gasteiger partial charge in [-0.1, -0.05) is 6.92 Å². The Hall–Kier alpha value is -1.06. The van der Waals surface area contributed by atoms with E-state index in [1.165, 1.54) is 0 Å². The average Bonchev–Trinajstić information content (AvgIpc) is 2.29. The fourth-order valence-corrected chi connectivity index (χ4v) is 1.94. The number of carbonyl (C=O) groups is 2. The SMILES string of the molecule is CNC(=O)CCCC(=O)N1CCC(C)CC1. The van der Waals surface area contributed by atoms with Gasteiger partial charge in [-0.15, -0.1) is 0 Å². The first-order valence-electron chi connectivity index (χ1n) is 6.12. The highest BCUT2D eigenvalue weighted by atomic mass is 16.2. The molecular formula is C12H22N2O2. The van der Waals surface area contributed by atoms with E-state index in [0.29, 0.717) is 19.3 Å². The van der Waals surface area contributed by atoms with Crippen LogP contribution < -0.4 is 5.32 Å². The average molecular weight is 226 g/mol. The molecule has 1 fully saturated rings. The number of amides is 2. The molecule has 4 nitrogen and oxygen atoms in total. The van der Waals surface area contributed by atoms with Gasteiger partial charge in [0.05, 0.1) is 0 Å². The van der Waals surface area contributed by atoms with Gasteiger partial charge in [0.25, 0.3) is 0 Å². The van der Waals surface area contributed by atoms with Gasteiger partial charge >= 0.3 is 0 Å². The first-order chi connectivity index (χ1) is 7.63. The summed E-state index contributed by atoms with van der Waals surface area (Å²) in [6, 6.07) is 0. The molecule has 1 aliphatic rings. The van der Waals surface area contributed by atoms with Crippen molar-refractivity contribution in [1.82, 2.24) is 10.2 Å². The van der Waals surface area contributed by atoms with Gasteiger partial charge in [-0.3, -0.25) is 9.59 Å². The van der Waals surface area contributed by atoms with Gasteiger partial charge in [-0.05, 0) is 25.2 Å². The van der Waals surface area contributed by atoms with E-state index >= 15 is 0 Å². The molecule has 0 atom stereocenters. The number of nitrogens with one attached hydrogen (secondary N) is 1. The molecule has 2 amide bonds. The van der Waals surface area contributed by atoms with Gasteiger partial charge in [-0.2, -0.15) is 0 Å². The van der Waals surface area contributed by atoms with Crippen molar-refractivity contribution in [2.75, 3.05) is 20.1 Å². The van der Waals surface area contributed by atoms with E-state index in [1.807, 2.05) is 4.90 Å². The lowest BCUT2D eigenvalue weighted by Gasteiger charge is -2.30. The maximum Gasteiger partial charge on any atom is 0.222 e. The summed E-state index contributed by atoms with van der Waals surface area (Å²) in [4.78, 5) is 24.7. The molecule has 1 aliphatic heterocycles. The van der Waals surface area contributed by atoms with Crippen molar-refractivity contribution < 1.29 is 9.59 Å². The summed E-state index contributed by atoms with van der Waals surface area (Å²) in [5, 5.41) is 2.56. The van der Waals surface area contributed by atoms with Crippen LogP contribution in [0.3, 0.4) is 0 Å². The van der Waals surface area contributed by atoms with Crippen molar-refractivity contribution in [3.8, 4) is 0 Å². The molecule has 4 heteroatoms. The van der Waals surface area contributed by atoms with Crippen LogP contribution in [-0.2, 0) is 9.59 Å². The third-order valence-corrected chi connectivity index (χ3v) is 3.21. The Morgan fingerprint density at radius 2 is 1.88 bits per heavy atom. The van der Waals surface area contributed by atoms with Gasteiger partial charge in [-0.25, -0.2) is 0 Å². The molecule has 0 aromatic carbocycles. The second-order valence-corrected chi connectivity index (χ2v) is 4.59. The van der Waals surface area contributed by atoms with Crippen molar-refractivity contribution in [3.05, 3.63) is 0 Å². The molecule has 0 aromatic heterocycles. The summed E-state index contributed by atoms with van der Waals surface area (Å²) in [6.07, 6.45) is 3.83. The van der Waals surface area contributed by atoms with Gasteiger partial charge in [0.1, 0.15) is 0 Å². The maximum atomic E-state index is 11.8. The Bertz CT molecular complexity index is 245. The fraction of sp³-hybridized carbons (Fsp3) is 0.833. The Morgan fingerprint density at radius 3 is 2.44 bits per heavy atom. The van der Waals surface area contributed by atoms with E-state index < -0.39 is 0 Å². The minimum atomic E-state index is 0.0140. The van der Waals surface area contributed by atoms with Crippen LogP contribution in [0.5, 0.6) is 0 Å². The predicted octanol–water partition coefficient (Wildman–Crippen LogP) is 1.16. The lowest BCUT2D eigenvalue weighted by molar-refractivity contribution is -0.132. The second kappa shape index (κ2) is 6.51. The lowest BCUT2D eigenvalue weighted by Crippen LogP contribution is -2.37. The number of piperidine rings is 1. The highest BCUT2D eigenvalue weighted by Gasteiger charge is 2.19.